The molecule has 0 aliphatic heterocycles. The Morgan fingerprint density at radius 2 is 1.67 bits per heavy atom. The molecule has 0 aromatic heterocycles. The number of carbonyl (C=O) groups excluding carboxylic acids is 1. The van der Waals surface area contributed by atoms with Crippen LogP contribution in [0.15, 0.2) is 12.2 Å². The van der Waals surface area contributed by atoms with Crippen molar-refractivity contribution in [1.82, 2.24) is 0 Å². The molecule has 2 saturated carbocycles. The van der Waals surface area contributed by atoms with Crippen molar-refractivity contribution < 1.29 is 9.53 Å². The van der Waals surface area contributed by atoms with E-state index in [0.29, 0.717) is 18.1 Å². The lowest BCUT2D eigenvalue weighted by Crippen LogP contribution is -2.33. The van der Waals surface area contributed by atoms with Crippen molar-refractivity contribution in [2.75, 3.05) is 6.61 Å². The number of hydrogen-bond acceptors (Lipinski definition) is 2. The predicted octanol–water partition coefficient (Wildman–Crippen LogP) is 3.96. The highest BCUT2D eigenvalue weighted by molar-refractivity contribution is 5.86. The Labute approximate surface area is 111 Å². The van der Waals surface area contributed by atoms with Crippen LogP contribution in [0, 0.1) is 23.7 Å². The first-order chi connectivity index (χ1) is 8.58. The SMILES string of the molecule is C=C(C)C(=O)OCC1CC2CC(CC)CC(C1)C2. The van der Waals surface area contributed by atoms with E-state index in [4.69, 9.17) is 4.74 Å². The maximum Gasteiger partial charge on any atom is 0.333 e. The van der Waals surface area contributed by atoms with Crippen molar-refractivity contribution in [2.45, 2.75) is 52.4 Å². The molecule has 0 radical (unpaired) electrons. The van der Waals surface area contributed by atoms with Crippen molar-refractivity contribution in [2.24, 2.45) is 23.7 Å². The number of carbonyl (C=O) groups is 1. The van der Waals surface area contributed by atoms with Crippen LogP contribution >= 0.6 is 0 Å². The Balaban J connectivity index is 1.80. The van der Waals surface area contributed by atoms with Gasteiger partial charge in [0.1, 0.15) is 0 Å². The summed E-state index contributed by atoms with van der Waals surface area (Å²) in [6, 6.07) is 0. The summed E-state index contributed by atoms with van der Waals surface area (Å²) in [6.45, 7) is 8.26. The predicted molar refractivity (Wildman–Crippen MR) is 73.1 cm³/mol. The summed E-state index contributed by atoms with van der Waals surface area (Å²) in [5.41, 5.74) is 0.511. The van der Waals surface area contributed by atoms with Gasteiger partial charge in [-0.15, -0.1) is 0 Å². The van der Waals surface area contributed by atoms with E-state index in [1.54, 1.807) is 6.92 Å². The summed E-state index contributed by atoms with van der Waals surface area (Å²) in [5, 5.41) is 0. The maximum absolute atomic E-state index is 11.4. The topological polar surface area (TPSA) is 26.3 Å². The Bertz CT molecular complexity index is 307. The largest absolute Gasteiger partial charge is 0.462 e. The quantitative estimate of drug-likeness (QED) is 0.557. The molecule has 2 aliphatic carbocycles. The molecule has 2 rings (SSSR count). The van der Waals surface area contributed by atoms with E-state index < -0.39 is 0 Å². The molecule has 0 aromatic rings. The van der Waals surface area contributed by atoms with Gasteiger partial charge in [0.05, 0.1) is 6.61 Å². The van der Waals surface area contributed by atoms with Crippen LogP contribution in [0.2, 0.25) is 0 Å². The first kappa shape index (κ1) is 13.6. The van der Waals surface area contributed by atoms with Gasteiger partial charge in [0.25, 0.3) is 0 Å². The first-order valence-electron chi connectivity index (χ1n) is 7.41. The molecule has 2 heteroatoms. The highest BCUT2D eigenvalue weighted by Gasteiger charge is 2.35. The number of ether oxygens (including phenoxy) is 1. The molecule has 2 nitrogen and oxygen atoms in total. The molecule has 2 unspecified atom stereocenters. The van der Waals surface area contributed by atoms with Crippen molar-refractivity contribution in [3.05, 3.63) is 12.2 Å². The highest BCUT2D eigenvalue weighted by Crippen LogP contribution is 2.45. The van der Waals surface area contributed by atoms with Crippen LogP contribution in [0.4, 0.5) is 0 Å². The average molecular weight is 250 g/mol. The molecule has 0 heterocycles. The fraction of sp³-hybridized carbons (Fsp3) is 0.812. The van der Waals surface area contributed by atoms with Crippen LogP contribution in [0.5, 0.6) is 0 Å². The number of esters is 1. The summed E-state index contributed by atoms with van der Waals surface area (Å²) in [7, 11) is 0. The Kier molecular flexibility index (Phi) is 4.47. The second-order valence-corrected chi connectivity index (χ2v) is 6.43. The van der Waals surface area contributed by atoms with Crippen LogP contribution in [-0.4, -0.2) is 12.6 Å². The van der Waals surface area contributed by atoms with E-state index >= 15 is 0 Å². The van der Waals surface area contributed by atoms with Gasteiger partial charge in [-0.25, -0.2) is 4.79 Å². The fourth-order valence-corrected chi connectivity index (χ4v) is 3.91. The molecule has 2 fully saturated rings. The van der Waals surface area contributed by atoms with Crippen LogP contribution in [-0.2, 0) is 9.53 Å². The first-order valence-corrected chi connectivity index (χ1v) is 7.41. The van der Waals surface area contributed by atoms with Gasteiger partial charge in [-0.3, -0.25) is 0 Å². The highest BCUT2D eigenvalue weighted by atomic mass is 16.5. The van der Waals surface area contributed by atoms with Crippen molar-refractivity contribution in [1.29, 1.82) is 0 Å². The molecule has 2 aliphatic rings. The molecular formula is C16H26O2. The Hall–Kier alpha value is -0.790. The summed E-state index contributed by atoms with van der Waals surface area (Å²) >= 11 is 0. The summed E-state index contributed by atoms with van der Waals surface area (Å²) in [5.74, 6) is 3.09. The lowest BCUT2D eigenvalue weighted by molar-refractivity contribution is -0.141. The van der Waals surface area contributed by atoms with Gasteiger partial charge in [0.15, 0.2) is 0 Å². The van der Waals surface area contributed by atoms with Gasteiger partial charge in [-0.05, 0) is 62.7 Å². The Morgan fingerprint density at radius 1 is 1.11 bits per heavy atom. The minimum Gasteiger partial charge on any atom is -0.462 e. The van der Waals surface area contributed by atoms with Crippen molar-refractivity contribution in [3.8, 4) is 0 Å². The van der Waals surface area contributed by atoms with Crippen LogP contribution < -0.4 is 0 Å². The zero-order valence-electron chi connectivity index (χ0n) is 11.8. The van der Waals surface area contributed by atoms with E-state index in [9.17, 15) is 4.79 Å². The van der Waals surface area contributed by atoms with Gasteiger partial charge in [-0.2, -0.15) is 0 Å². The molecule has 0 aromatic carbocycles. The smallest absolute Gasteiger partial charge is 0.333 e. The Morgan fingerprint density at radius 3 is 2.17 bits per heavy atom. The van der Waals surface area contributed by atoms with E-state index in [1.807, 2.05) is 0 Å². The van der Waals surface area contributed by atoms with Gasteiger partial charge in [-0.1, -0.05) is 19.9 Å². The molecular weight excluding hydrogens is 224 g/mol. The van der Waals surface area contributed by atoms with Crippen LogP contribution in [0.3, 0.4) is 0 Å². The maximum atomic E-state index is 11.4. The van der Waals surface area contributed by atoms with E-state index in [1.165, 1.54) is 38.5 Å². The van der Waals surface area contributed by atoms with Crippen molar-refractivity contribution in [3.63, 3.8) is 0 Å². The summed E-state index contributed by atoms with van der Waals surface area (Å²) in [4.78, 5) is 11.4. The van der Waals surface area contributed by atoms with Crippen LogP contribution in [0.25, 0.3) is 0 Å². The zero-order valence-corrected chi connectivity index (χ0v) is 11.8. The normalized spacial score (nSPS) is 35.0. The average Bonchev–Trinajstić information content (AvgIpc) is 2.34. The van der Waals surface area contributed by atoms with E-state index in [-0.39, 0.29) is 5.97 Å². The summed E-state index contributed by atoms with van der Waals surface area (Å²) in [6.07, 6.45) is 8.08. The minimum atomic E-state index is -0.225. The third-order valence-corrected chi connectivity index (χ3v) is 4.71. The lowest BCUT2D eigenvalue weighted by atomic mass is 9.64. The molecule has 0 saturated heterocycles. The summed E-state index contributed by atoms with van der Waals surface area (Å²) < 4.78 is 5.32. The van der Waals surface area contributed by atoms with Crippen LogP contribution in [0.1, 0.15) is 52.4 Å². The standard InChI is InChI=1S/C16H26O2/c1-4-12-5-13-7-14(6-12)9-15(8-13)10-18-16(17)11(2)3/h12-15H,2,4-10H2,1,3H3. The lowest BCUT2D eigenvalue weighted by Gasteiger charge is -2.42. The zero-order chi connectivity index (χ0) is 13.1. The van der Waals surface area contributed by atoms with E-state index in [0.717, 1.165) is 17.8 Å². The number of rotatable bonds is 4. The molecule has 2 bridgehead atoms. The molecule has 18 heavy (non-hydrogen) atoms. The third-order valence-electron chi connectivity index (χ3n) is 4.71. The third kappa shape index (κ3) is 3.37. The second kappa shape index (κ2) is 5.90. The molecule has 0 amide bonds. The molecule has 2 atom stereocenters. The van der Waals surface area contributed by atoms with Gasteiger partial charge in [0, 0.05) is 5.57 Å². The second-order valence-electron chi connectivity index (χ2n) is 6.43. The molecule has 102 valence electrons. The van der Waals surface area contributed by atoms with Gasteiger partial charge >= 0.3 is 5.97 Å². The fourth-order valence-electron chi connectivity index (χ4n) is 3.91. The van der Waals surface area contributed by atoms with Crippen molar-refractivity contribution >= 4 is 5.97 Å². The minimum absolute atomic E-state index is 0.225. The van der Waals surface area contributed by atoms with E-state index in [2.05, 4.69) is 13.5 Å². The number of hydrogen-bond donors (Lipinski definition) is 0. The molecule has 0 spiro atoms. The number of fused-ring (bicyclic) bond motifs is 2. The van der Waals surface area contributed by atoms with Gasteiger partial charge < -0.3 is 4.74 Å². The van der Waals surface area contributed by atoms with Gasteiger partial charge in [0.2, 0.25) is 0 Å². The molecule has 0 N–H and O–H groups in total. The monoisotopic (exact) mass is 250 g/mol.